The molecule has 1 unspecified atom stereocenters. The predicted octanol–water partition coefficient (Wildman–Crippen LogP) is 2.62. The van der Waals surface area contributed by atoms with Crippen LogP contribution in [0.4, 0.5) is 0 Å². The number of hydrogen-bond acceptors (Lipinski definition) is 4. The Hall–Kier alpha value is -1.59. The Morgan fingerprint density at radius 1 is 1.40 bits per heavy atom. The molecule has 1 saturated heterocycles. The quantitative estimate of drug-likeness (QED) is 0.811. The largest absolute Gasteiger partial charge is 0.490 e. The number of ether oxygens (including phenoxy) is 3. The molecule has 0 radical (unpaired) electrons. The van der Waals surface area contributed by atoms with Crippen LogP contribution in [0.15, 0.2) is 18.2 Å². The normalized spacial score (nSPS) is 18.8. The third-order valence-electron chi connectivity index (χ3n) is 3.15. The van der Waals surface area contributed by atoms with Gasteiger partial charge in [-0.05, 0) is 38.3 Å². The van der Waals surface area contributed by atoms with Crippen LogP contribution < -0.4 is 4.74 Å². The van der Waals surface area contributed by atoms with Gasteiger partial charge in [0.05, 0.1) is 6.61 Å². The lowest BCUT2D eigenvalue weighted by atomic mass is 10.1. The average Bonchev–Trinajstić information content (AvgIpc) is 2.45. The summed E-state index contributed by atoms with van der Waals surface area (Å²) in [4.78, 5) is 11.1. The minimum Gasteiger partial charge on any atom is -0.490 e. The summed E-state index contributed by atoms with van der Waals surface area (Å²) in [6, 6.07) is 5.10. The molecule has 0 aliphatic carbocycles. The van der Waals surface area contributed by atoms with Crippen LogP contribution in [-0.4, -0.2) is 37.2 Å². The van der Waals surface area contributed by atoms with E-state index >= 15 is 0 Å². The number of hydrogen-bond donors (Lipinski definition) is 1. The summed E-state index contributed by atoms with van der Waals surface area (Å²) < 4.78 is 16.5. The van der Waals surface area contributed by atoms with Crippen molar-refractivity contribution in [3.63, 3.8) is 0 Å². The average molecular weight is 280 g/mol. The zero-order valence-electron chi connectivity index (χ0n) is 11.6. The van der Waals surface area contributed by atoms with Crippen molar-refractivity contribution in [1.29, 1.82) is 0 Å². The van der Waals surface area contributed by atoms with Crippen molar-refractivity contribution in [2.75, 3.05) is 19.8 Å². The van der Waals surface area contributed by atoms with Gasteiger partial charge < -0.3 is 19.3 Å². The molecule has 1 aromatic rings. The summed E-state index contributed by atoms with van der Waals surface area (Å²) in [5.74, 6) is -0.614. The smallest absolute Gasteiger partial charge is 0.339 e. The first kappa shape index (κ1) is 14.8. The minimum atomic E-state index is -0.986. The number of aryl methyl sites for hydroxylation is 1. The van der Waals surface area contributed by atoms with E-state index in [1.807, 2.05) is 13.0 Å². The fourth-order valence-electron chi connectivity index (χ4n) is 2.11. The maximum atomic E-state index is 11.1. The molecule has 0 bridgehead atoms. The van der Waals surface area contributed by atoms with Gasteiger partial charge in [0.25, 0.3) is 0 Å². The molecule has 2 rings (SSSR count). The van der Waals surface area contributed by atoms with Gasteiger partial charge in [0.2, 0.25) is 0 Å². The second-order valence-corrected chi connectivity index (χ2v) is 4.82. The van der Waals surface area contributed by atoms with Crippen LogP contribution in [-0.2, 0) is 9.47 Å². The van der Waals surface area contributed by atoms with E-state index < -0.39 is 5.97 Å². The van der Waals surface area contributed by atoms with Gasteiger partial charge >= 0.3 is 5.97 Å². The predicted molar refractivity (Wildman–Crippen MR) is 73.2 cm³/mol. The Morgan fingerprint density at radius 3 is 2.95 bits per heavy atom. The Kier molecular flexibility index (Phi) is 5.38. The minimum absolute atomic E-state index is 0.149. The maximum Gasteiger partial charge on any atom is 0.339 e. The molecule has 5 nitrogen and oxygen atoms in total. The van der Waals surface area contributed by atoms with Gasteiger partial charge in [-0.15, -0.1) is 0 Å². The van der Waals surface area contributed by atoms with Crippen LogP contribution >= 0.6 is 0 Å². The lowest BCUT2D eigenvalue weighted by Crippen LogP contribution is -2.24. The van der Waals surface area contributed by atoms with Gasteiger partial charge in [-0.3, -0.25) is 0 Å². The lowest BCUT2D eigenvalue weighted by molar-refractivity contribution is -0.165. The molecule has 1 aliphatic rings. The molecule has 5 heteroatoms. The van der Waals surface area contributed by atoms with Crippen molar-refractivity contribution in [3.8, 4) is 5.75 Å². The molecular formula is C15H20O5. The van der Waals surface area contributed by atoms with Crippen LogP contribution in [0.1, 0.15) is 35.2 Å². The number of carboxylic acids is 1. The van der Waals surface area contributed by atoms with Crippen molar-refractivity contribution in [2.45, 2.75) is 32.5 Å². The maximum absolute atomic E-state index is 11.1. The first-order valence-electron chi connectivity index (χ1n) is 6.87. The van der Waals surface area contributed by atoms with E-state index in [-0.39, 0.29) is 11.9 Å². The topological polar surface area (TPSA) is 65.0 Å². The fraction of sp³-hybridized carbons (Fsp3) is 0.533. The van der Waals surface area contributed by atoms with Crippen molar-refractivity contribution in [3.05, 3.63) is 29.3 Å². The summed E-state index contributed by atoms with van der Waals surface area (Å²) in [6.07, 6.45) is 2.96. The fourth-order valence-corrected chi connectivity index (χ4v) is 2.11. The highest BCUT2D eigenvalue weighted by atomic mass is 16.7. The van der Waals surface area contributed by atoms with Crippen LogP contribution in [0.25, 0.3) is 0 Å². The van der Waals surface area contributed by atoms with Crippen molar-refractivity contribution in [1.82, 2.24) is 0 Å². The molecule has 1 fully saturated rings. The molecule has 1 aliphatic heterocycles. The Balaban J connectivity index is 1.80. The molecule has 0 aromatic heterocycles. The highest BCUT2D eigenvalue weighted by Crippen LogP contribution is 2.20. The van der Waals surface area contributed by atoms with Crippen LogP contribution in [0, 0.1) is 6.92 Å². The molecule has 0 amide bonds. The second kappa shape index (κ2) is 7.26. The molecule has 1 aromatic carbocycles. The Labute approximate surface area is 118 Å². The molecule has 1 N–H and O–H groups in total. The molecule has 0 saturated carbocycles. The number of benzene rings is 1. The Morgan fingerprint density at radius 2 is 2.25 bits per heavy atom. The number of carbonyl (C=O) groups is 1. The molecule has 1 heterocycles. The second-order valence-electron chi connectivity index (χ2n) is 4.82. The first-order chi connectivity index (χ1) is 9.66. The van der Waals surface area contributed by atoms with Gasteiger partial charge in [0.1, 0.15) is 17.9 Å². The SMILES string of the molecule is Cc1ccc(OCCOC2CCCCO2)c(C(=O)O)c1. The summed E-state index contributed by atoms with van der Waals surface area (Å²) in [5, 5.41) is 9.12. The third kappa shape index (κ3) is 4.21. The van der Waals surface area contributed by atoms with Gasteiger partial charge in [-0.1, -0.05) is 11.6 Å². The third-order valence-corrected chi connectivity index (χ3v) is 3.15. The van der Waals surface area contributed by atoms with Crippen molar-refractivity contribution < 1.29 is 24.1 Å². The van der Waals surface area contributed by atoms with E-state index in [9.17, 15) is 4.79 Å². The van der Waals surface area contributed by atoms with Crippen LogP contribution in [0.5, 0.6) is 5.75 Å². The van der Waals surface area contributed by atoms with E-state index in [0.717, 1.165) is 31.4 Å². The highest BCUT2D eigenvalue weighted by Gasteiger charge is 2.14. The monoisotopic (exact) mass is 280 g/mol. The van der Waals surface area contributed by atoms with E-state index in [0.29, 0.717) is 19.0 Å². The number of carboxylic acid groups (broad SMARTS) is 1. The summed E-state index contributed by atoms with van der Waals surface area (Å²) in [5.41, 5.74) is 1.07. The van der Waals surface area contributed by atoms with Crippen molar-refractivity contribution >= 4 is 5.97 Å². The summed E-state index contributed by atoms with van der Waals surface area (Å²) in [6.45, 7) is 3.28. The molecule has 20 heavy (non-hydrogen) atoms. The highest BCUT2D eigenvalue weighted by molar-refractivity contribution is 5.91. The number of rotatable bonds is 6. The van der Waals surface area contributed by atoms with E-state index in [1.165, 1.54) is 0 Å². The molecular weight excluding hydrogens is 260 g/mol. The zero-order valence-corrected chi connectivity index (χ0v) is 11.6. The van der Waals surface area contributed by atoms with E-state index in [1.54, 1.807) is 12.1 Å². The Bertz CT molecular complexity index is 452. The summed E-state index contributed by atoms with van der Waals surface area (Å²) in [7, 11) is 0. The standard InChI is InChI=1S/C15H20O5/c1-11-5-6-13(12(10-11)15(16)17)18-8-9-20-14-4-2-3-7-19-14/h5-6,10,14H,2-4,7-9H2,1H3,(H,16,17). The molecule has 1 atom stereocenters. The lowest BCUT2D eigenvalue weighted by Gasteiger charge is -2.22. The van der Waals surface area contributed by atoms with Gasteiger partial charge in [0, 0.05) is 6.61 Å². The molecule has 110 valence electrons. The first-order valence-corrected chi connectivity index (χ1v) is 6.87. The van der Waals surface area contributed by atoms with Crippen LogP contribution in [0.2, 0.25) is 0 Å². The van der Waals surface area contributed by atoms with Gasteiger partial charge in [-0.2, -0.15) is 0 Å². The summed E-state index contributed by atoms with van der Waals surface area (Å²) >= 11 is 0. The van der Waals surface area contributed by atoms with E-state index in [4.69, 9.17) is 19.3 Å². The van der Waals surface area contributed by atoms with E-state index in [2.05, 4.69) is 0 Å². The molecule has 0 spiro atoms. The van der Waals surface area contributed by atoms with Crippen LogP contribution in [0.3, 0.4) is 0 Å². The number of aromatic carboxylic acids is 1. The van der Waals surface area contributed by atoms with Gasteiger partial charge in [-0.25, -0.2) is 4.79 Å². The van der Waals surface area contributed by atoms with Gasteiger partial charge in [0.15, 0.2) is 6.29 Å². The zero-order chi connectivity index (χ0) is 14.4. The van der Waals surface area contributed by atoms with Crippen molar-refractivity contribution in [2.24, 2.45) is 0 Å².